The Kier molecular flexibility index (Phi) is 2.44. The van der Waals surface area contributed by atoms with Crippen LogP contribution in [-0.4, -0.2) is 6.29 Å². The summed E-state index contributed by atoms with van der Waals surface area (Å²) in [5.41, 5.74) is 1.19. The van der Waals surface area contributed by atoms with E-state index in [1.54, 1.807) is 12.1 Å². The van der Waals surface area contributed by atoms with Crippen molar-refractivity contribution < 1.29 is 9.21 Å². The number of aryl methyl sites for hydroxylation is 1. The second-order valence-electron chi connectivity index (χ2n) is 3.21. The standard InChI is InChI=1S/C11H7BrO3/c1-6-2-3-8-10(14)7(4-13)5-15-11(8)9(6)12/h2-5H,1H3. The lowest BCUT2D eigenvalue weighted by molar-refractivity contribution is 0.112. The van der Waals surface area contributed by atoms with Gasteiger partial charge >= 0.3 is 0 Å². The van der Waals surface area contributed by atoms with Crippen LogP contribution >= 0.6 is 15.9 Å². The van der Waals surface area contributed by atoms with Gasteiger partial charge in [-0.05, 0) is 34.5 Å². The van der Waals surface area contributed by atoms with Gasteiger partial charge in [0.15, 0.2) is 11.9 Å². The van der Waals surface area contributed by atoms with E-state index in [1.807, 2.05) is 6.92 Å². The van der Waals surface area contributed by atoms with Crippen LogP contribution in [0.25, 0.3) is 11.0 Å². The van der Waals surface area contributed by atoms with E-state index in [9.17, 15) is 9.59 Å². The molecule has 0 N–H and O–H groups in total. The van der Waals surface area contributed by atoms with Gasteiger partial charge in [0.25, 0.3) is 0 Å². The molecular weight excluding hydrogens is 260 g/mol. The largest absolute Gasteiger partial charge is 0.462 e. The lowest BCUT2D eigenvalue weighted by atomic mass is 10.1. The summed E-state index contributed by atoms with van der Waals surface area (Å²) in [5.74, 6) is 0. The van der Waals surface area contributed by atoms with Gasteiger partial charge in [-0.3, -0.25) is 9.59 Å². The van der Waals surface area contributed by atoms with Crippen molar-refractivity contribution in [2.24, 2.45) is 0 Å². The zero-order valence-electron chi connectivity index (χ0n) is 7.91. The molecule has 0 spiro atoms. The van der Waals surface area contributed by atoms with E-state index in [2.05, 4.69) is 15.9 Å². The first-order valence-corrected chi connectivity index (χ1v) is 5.10. The number of rotatable bonds is 1. The molecule has 1 aromatic carbocycles. The predicted molar refractivity (Wildman–Crippen MR) is 60.3 cm³/mol. The third-order valence-corrected chi connectivity index (χ3v) is 3.21. The van der Waals surface area contributed by atoms with Crippen LogP contribution in [-0.2, 0) is 0 Å². The van der Waals surface area contributed by atoms with Gasteiger partial charge in [0, 0.05) is 0 Å². The third-order valence-electron chi connectivity index (χ3n) is 2.23. The van der Waals surface area contributed by atoms with Crippen LogP contribution < -0.4 is 5.43 Å². The summed E-state index contributed by atoms with van der Waals surface area (Å²) in [6, 6.07) is 3.46. The molecule has 0 amide bonds. The molecule has 15 heavy (non-hydrogen) atoms. The Morgan fingerprint density at radius 3 is 2.80 bits per heavy atom. The number of carbonyl (C=O) groups is 1. The van der Waals surface area contributed by atoms with Crippen molar-refractivity contribution in [1.82, 2.24) is 0 Å². The molecule has 0 unspecified atom stereocenters. The van der Waals surface area contributed by atoms with Crippen molar-refractivity contribution in [2.75, 3.05) is 0 Å². The van der Waals surface area contributed by atoms with E-state index in [-0.39, 0.29) is 11.0 Å². The van der Waals surface area contributed by atoms with Crippen LogP contribution in [0, 0.1) is 6.92 Å². The summed E-state index contributed by atoms with van der Waals surface area (Å²) in [7, 11) is 0. The summed E-state index contributed by atoms with van der Waals surface area (Å²) < 4.78 is 5.99. The smallest absolute Gasteiger partial charge is 0.203 e. The van der Waals surface area contributed by atoms with Crippen molar-refractivity contribution in [2.45, 2.75) is 6.92 Å². The lowest BCUT2D eigenvalue weighted by Crippen LogP contribution is -2.07. The Labute approximate surface area is 93.8 Å². The maximum atomic E-state index is 11.7. The zero-order valence-corrected chi connectivity index (χ0v) is 9.50. The molecule has 1 heterocycles. The van der Waals surface area contributed by atoms with Gasteiger partial charge in [0.1, 0.15) is 6.26 Å². The van der Waals surface area contributed by atoms with Crippen molar-refractivity contribution in [1.29, 1.82) is 0 Å². The highest BCUT2D eigenvalue weighted by molar-refractivity contribution is 9.10. The molecule has 0 radical (unpaired) electrons. The molecule has 2 rings (SSSR count). The Bertz CT molecular complexity index is 599. The highest BCUT2D eigenvalue weighted by atomic mass is 79.9. The summed E-state index contributed by atoms with van der Waals surface area (Å²) in [6.45, 7) is 1.90. The maximum Gasteiger partial charge on any atom is 0.203 e. The fraction of sp³-hybridized carbons (Fsp3) is 0.0909. The van der Waals surface area contributed by atoms with Gasteiger partial charge in [-0.1, -0.05) is 6.07 Å². The minimum Gasteiger partial charge on any atom is -0.462 e. The molecule has 0 saturated heterocycles. The maximum absolute atomic E-state index is 11.7. The molecule has 3 nitrogen and oxygen atoms in total. The number of benzene rings is 1. The Balaban J connectivity index is 2.98. The normalized spacial score (nSPS) is 10.5. The van der Waals surface area contributed by atoms with Crippen LogP contribution in [0.1, 0.15) is 15.9 Å². The number of carbonyl (C=O) groups excluding carboxylic acids is 1. The summed E-state index contributed by atoms with van der Waals surface area (Å²) in [6.07, 6.45) is 1.68. The van der Waals surface area contributed by atoms with E-state index >= 15 is 0 Å². The SMILES string of the molecule is Cc1ccc2c(=O)c(C=O)coc2c1Br. The molecule has 0 saturated carbocycles. The van der Waals surface area contributed by atoms with E-state index in [0.717, 1.165) is 10.0 Å². The molecule has 0 fully saturated rings. The van der Waals surface area contributed by atoms with E-state index in [4.69, 9.17) is 4.42 Å². The van der Waals surface area contributed by atoms with Crippen LogP contribution in [0.5, 0.6) is 0 Å². The van der Waals surface area contributed by atoms with Gasteiger partial charge in [0.05, 0.1) is 15.4 Å². The number of hydrogen-bond donors (Lipinski definition) is 0. The van der Waals surface area contributed by atoms with E-state index in [1.165, 1.54) is 6.26 Å². The summed E-state index contributed by atoms with van der Waals surface area (Å²) in [4.78, 5) is 22.3. The fourth-order valence-electron chi connectivity index (χ4n) is 1.36. The average Bonchev–Trinajstić information content (AvgIpc) is 2.24. The van der Waals surface area contributed by atoms with Crippen LogP contribution in [0.2, 0.25) is 0 Å². The van der Waals surface area contributed by atoms with Crippen LogP contribution in [0.4, 0.5) is 0 Å². The lowest BCUT2D eigenvalue weighted by Gasteiger charge is -2.02. The highest BCUT2D eigenvalue weighted by Gasteiger charge is 2.09. The van der Waals surface area contributed by atoms with Crippen molar-refractivity contribution >= 4 is 33.2 Å². The second kappa shape index (κ2) is 3.62. The molecule has 1 aromatic heterocycles. The van der Waals surface area contributed by atoms with Crippen molar-refractivity contribution in [3.8, 4) is 0 Å². The molecule has 4 heteroatoms. The highest BCUT2D eigenvalue weighted by Crippen LogP contribution is 2.25. The topological polar surface area (TPSA) is 47.3 Å². The first-order valence-electron chi connectivity index (χ1n) is 4.31. The fourth-order valence-corrected chi connectivity index (χ4v) is 1.80. The number of halogens is 1. The molecule has 0 aliphatic rings. The second-order valence-corrected chi connectivity index (χ2v) is 4.00. The number of aldehydes is 1. The van der Waals surface area contributed by atoms with Crippen LogP contribution in [0.3, 0.4) is 0 Å². The van der Waals surface area contributed by atoms with Gasteiger partial charge in [-0.2, -0.15) is 0 Å². The molecule has 0 aliphatic heterocycles. The molecule has 0 atom stereocenters. The Morgan fingerprint density at radius 2 is 2.13 bits per heavy atom. The number of fused-ring (bicyclic) bond motifs is 1. The monoisotopic (exact) mass is 266 g/mol. The average molecular weight is 267 g/mol. The molecule has 2 aromatic rings. The van der Waals surface area contributed by atoms with Gasteiger partial charge in [-0.15, -0.1) is 0 Å². The molecule has 0 bridgehead atoms. The minimum absolute atomic E-state index is 0.0400. The number of hydrogen-bond acceptors (Lipinski definition) is 3. The first kappa shape index (κ1) is 10.1. The molecule has 0 aliphatic carbocycles. The van der Waals surface area contributed by atoms with Gasteiger partial charge in [0.2, 0.25) is 5.43 Å². The molecular formula is C11H7BrO3. The van der Waals surface area contributed by atoms with E-state index in [0.29, 0.717) is 17.3 Å². The quantitative estimate of drug-likeness (QED) is 0.746. The Morgan fingerprint density at radius 1 is 1.40 bits per heavy atom. The van der Waals surface area contributed by atoms with Gasteiger partial charge in [-0.25, -0.2) is 0 Å². The predicted octanol–water partition coefficient (Wildman–Crippen LogP) is 2.68. The zero-order chi connectivity index (χ0) is 11.0. The van der Waals surface area contributed by atoms with Gasteiger partial charge < -0.3 is 4.42 Å². The summed E-state index contributed by atoms with van der Waals surface area (Å²) >= 11 is 3.34. The summed E-state index contributed by atoms with van der Waals surface area (Å²) in [5, 5.41) is 0.414. The minimum atomic E-state index is -0.299. The van der Waals surface area contributed by atoms with Crippen molar-refractivity contribution in [3.05, 3.63) is 44.2 Å². The Hall–Kier alpha value is -1.42. The van der Waals surface area contributed by atoms with Crippen LogP contribution in [0.15, 0.2) is 32.1 Å². The molecule has 76 valence electrons. The third kappa shape index (κ3) is 1.51. The van der Waals surface area contributed by atoms with E-state index < -0.39 is 0 Å². The first-order chi connectivity index (χ1) is 7.15. The van der Waals surface area contributed by atoms with Crippen molar-refractivity contribution in [3.63, 3.8) is 0 Å².